The molecule has 2 aromatic rings. The minimum atomic E-state index is 0.459. The summed E-state index contributed by atoms with van der Waals surface area (Å²) in [4.78, 5) is 18.7. The van der Waals surface area contributed by atoms with Crippen molar-refractivity contribution < 1.29 is 4.79 Å². The highest BCUT2D eigenvalue weighted by molar-refractivity contribution is 9.10. The largest absolute Gasteiger partial charge is 0.296 e. The summed E-state index contributed by atoms with van der Waals surface area (Å²) in [7, 11) is 0. The van der Waals surface area contributed by atoms with E-state index in [1.807, 2.05) is 12.1 Å². The normalized spacial score (nSPS) is 10.1. The van der Waals surface area contributed by atoms with Crippen LogP contribution in [-0.2, 0) is 0 Å². The summed E-state index contributed by atoms with van der Waals surface area (Å²) in [6, 6.07) is 3.74. The van der Waals surface area contributed by atoms with E-state index < -0.39 is 0 Å². The van der Waals surface area contributed by atoms with E-state index in [0.717, 1.165) is 21.5 Å². The molecule has 0 aromatic carbocycles. The van der Waals surface area contributed by atoms with Crippen LogP contribution in [0.15, 0.2) is 28.3 Å². The summed E-state index contributed by atoms with van der Waals surface area (Å²) in [5, 5.41) is 2.52. The zero-order valence-electron chi connectivity index (χ0n) is 6.98. The van der Waals surface area contributed by atoms with Gasteiger partial charge >= 0.3 is 0 Å². The Morgan fingerprint density at radius 3 is 3.00 bits per heavy atom. The first-order valence-corrected chi connectivity index (χ1v) is 5.50. The van der Waals surface area contributed by atoms with Crippen LogP contribution in [0.25, 0.3) is 10.6 Å². The molecule has 0 aliphatic heterocycles. The van der Waals surface area contributed by atoms with Crippen molar-refractivity contribution in [3.05, 3.63) is 34.0 Å². The van der Waals surface area contributed by atoms with Crippen LogP contribution in [0, 0.1) is 0 Å². The predicted molar refractivity (Wildman–Crippen MR) is 58.4 cm³/mol. The number of carbonyl (C=O) groups is 1. The summed E-state index contributed by atoms with van der Waals surface area (Å²) in [5.74, 6) is 0. The van der Waals surface area contributed by atoms with Crippen LogP contribution >= 0.6 is 27.3 Å². The SMILES string of the molecule is O=Cc1csc(-c2cccnc2Br)n1. The molecular weight excluding hydrogens is 264 g/mol. The average molecular weight is 269 g/mol. The predicted octanol–water partition coefficient (Wildman–Crippen LogP) is 2.78. The highest BCUT2D eigenvalue weighted by Gasteiger charge is 2.07. The minimum Gasteiger partial charge on any atom is -0.296 e. The van der Waals surface area contributed by atoms with Crippen molar-refractivity contribution >= 4 is 33.6 Å². The second-order valence-corrected chi connectivity index (χ2v) is 4.15. The maximum absolute atomic E-state index is 10.5. The second kappa shape index (κ2) is 3.98. The number of nitrogens with zero attached hydrogens (tertiary/aromatic N) is 2. The molecule has 0 aliphatic carbocycles. The zero-order chi connectivity index (χ0) is 9.97. The Labute approximate surface area is 93.0 Å². The lowest BCUT2D eigenvalue weighted by molar-refractivity contribution is 0.111. The Morgan fingerprint density at radius 1 is 1.50 bits per heavy atom. The third-order valence-electron chi connectivity index (χ3n) is 1.63. The minimum absolute atomic E-state index is 0.459. The molecule has 0 saturated heterocycles. The van der Waals surface area contributed by atoms with Gasteiger partial charge in [0.2, 0.25) is 0 Å². The standard InChI is InChI=1S/C9H5BrN2OS/c10-8-7(2-1-3-11-8)9-12-6(4-13)5-14-9/h1-5H. The van der Waals surface area contributed by atoms with Gasteiger partial charge in [0, 0.05) is 17.1 Å². The zero-order valence-corrected chi connectivity index (χ0v) is 9.38. The van der Waals surface area contributed by atoms with Crippen molar-refractivity contribution in [3.63, 3.8) is 0 Å². The maximum atomic E-state index is 10.5. The summed E-state index contributed by atoms with van der Waals surface area (Å²) >= 11 is 4.76. The van der Waals surface area contributed by atoms with Gasteiger partial charge in [0.1, 0.15) is 15.3 Å². The van der Waals surface area contributed by atoms with Gasteiger partial charge in [-0.25, -0.2) is 9.97 Å². The lowest BCUT2D eigenvalue weighted by Crippen LogP contribution is -1.83. The second-order valence-electron chi connectivity index (χ2n) is 2.54. The molecular formula is C9H5BrN2OS. The first-order chi connectivity index (χ1) is 6.81. The molecule has 0 saturated carbocycles. The van der Waals surface area contributed by atoms with Crippen LogP contribution in [0.5, 0.6) is 0 Å². The molecule has 5 heteroatoms. The van der Waals surface area contributed by atoms with E-state index in [4.69, 9.17) is 0 Å². The molecule has 0 N–H and O–H groups in total. The lowest BCUT2D eigenvalue weighted by atomic mass is 10.3. The fraction of sp³-hybridized carbons (Fsp3) is 0. The van der Waals surface area contributed by atoms with Crippen LogP contribution in [-0.4, -0.2) is 16.3 Å². The molecule has 0 fully saturated rings. The summed E-state index contributed by atoms with van der Waals surface area (Å²) in [5.41, 5.74) is 1.37. The first-order valence-electron chi connectivity index (χ1n) is 3.83. The molecule has 0 aliphatic rings. The van der Waals surface area contributed by atoms with E-state index in [2.05, 4.69) is 25.9 Å². The molecule has 0 spiro atoms. The molecule has 0 radical (unpaired) electrons. The van der Waals surface area contributed by atoms with Crippen molar-refractivity contribution in [3.8, 4) is 10.6 Å². The number of halogens is 1. The quantitative estimate of drug-likeness (QED) is 0.622. The van der Waals surface area contributed by atoms with Crippen LogP contribution in [0.1, 0.15) is 10.5 Å². The highest BCUT2D eigenvalue weighted by Crippen LogP contribution is 2.28. The van der Waals surface area contributed by atoms with E-state index in [1.165, 1.54) is 11.3 Å². The fourth-order valence-electron chi connectivity index (χ4n) is 1.01. The van der Waals surface area contributed by atoms with E-state index in [1.54, 1.807) is 11.6 Å². The number of carbonyl (C=O) groups excluding carboxylic acids is 1. The molecule has 0 unspecified atom stereocenters. The van der Waals surface area contributed by atoms with E-state index >= 15 is 0 Å². The topological polar surface area (TPSA) is 42.9 Å². The van der Waals surface area contributed by atoms with Crippen LogP contribution in [0.3, 0.4) is 0 Å². The van der Waals surface area contributed by atoms with Crippen LogP contribution in [0.2, 0.25) is 0 Å². The maximum Gasteiger partial charge on any atom is 0.169 e. The Kier molecular flexibility index (Phi) is 2.69. The molecule has 2 rings (SSSR count). The Balaban J connectivity index is 2.49. The van der Waals surface area contributed by atoms with Crippen molar-refractivity contribution in [1.29, 1.82) is 0 Å². The molecule has 3 nitrogen and oxygen atoms in total. The summed E-state index contributed by atoms with van der Waals surface area (Å²) < 4.78 is 0.742. The molecule has 0 bridgehead atoms. The summed E-state index contributed by atoms with van der Waals surface area (Å²) in [6.45, 7) is 0. The van der Waals surface area contributed by atoms with E-state index in [0.29, 0.717) is 5.69 Å². The Morgan fingerprint density at radius 2 is 2.36 bits per heavy atom. The van der Waals surface area contributed by atoms with Gasteiger partial charge in [-0.05, 0) is 28.1 Å². The van der Waals surface area contributed by atoms with Crippen molar-refractivity contribution in [2.24, 2.45) is 0 Å². The summed E-state index contributed by atoms with van der Waals surface area (Å²) in [6.07, 6.45) is 2.44. The lowest BCUT2D eigenvalue weighted by Gasteiger charge is -1.96. The molecule has 14 heavy (non-hydrogen) atoms. The Bertz CT molecular complexity index is 469. The third kappa shape index (κ3) is 1.73. The number of rotatable bonds is 2. The van der Waals surface area contributed by atoms with Gasteiger partial charge in [0.05, 0.1) is 0 Å². The number of aromatic nitrogens is 2. The van der Waals surface area contributed by atoms with Crippen molar-refractivity contribution in [2.75, 3.05) is 0 Å². The van der Waals surface area contributed by atoms with Gasteiger partial charge in [-0.3, -0.25) is 4.79 Å². The smallest absolute Gasteiger partial charge is 0.169 e. The van der Waals surface area contributed by atoms with Crippen molar-refractivity contribution in [2.45, 2.75) is 0 Å². The highest BCUT2D eigenvalue weighted by atomic mass is 79.9. The third-order valence-corrected chi connectivity index (χ3v) is 3.16. The average Bonchev–Trinajstić information content (AvgIpc) is 2.67. The molecule has 70 valence electrons. The fourth-order valence-corrected chi connectivity index (χ4v) is 2.37. The van der Waals surface area contributed by atoms with Crippen molar-refractivity contribution in [1.82, 2.24) is 9.97 Å². The van der Waals surface area contributed by atoms with Gasteiger partial charge in [-0.1, -0.05) is 0 Å². The van der Waals surface area contributed by atoms with E-state index in [-0.39, 0.29) is 0 Å². The van der Waals surface area contributed by atoms with E-state index in [9.17, 15) is 4.79 Å². The molecule has 0 atom stereocenters. The number of pyridine rings is 1. The number of aldehydes is 1. The van der Waals surface area contributed by atoms with Crippen LogP contribution < -0.4 is 0 Å². The van der Waals surface area contributed by atoms with Gasteiger partial charge in [0.15, 0.2) is 6.29 Å². The van der Waals surface area contributed by atoms with Crippen LogP contribution in [0.4, 0.5) is 0 Å². The first kappa shape index (κ1) is 9.48. The number of hydrogen-bond acceptors (Lipinski definition) is 4. The molecule has 2 heterocycles. The van der Waals surface area contributed by atoms with Gasteiger partial charge in [-0.2, -0.15) is 0 Å². The van der Waals surface area contributed by atoms with Gasteiger partial charge in [-0.15, -0.1) is 11.3 Å². The number of hydrogen-bond donors (Lipinski definition) is 0. The van der Waals surface area contributed by atoms with Gasteiger partial charge in [0.25, 0.3) is 0 Å². The monoisotopic (exact) mass is 268 g/mol. The Hall–Kier alpha value is -1.07. The number of thiazole rings is 1. The van der Waals surface area contributed by atoms with Gasteiger partial charge < -0.3 is 0 Å². The molecule has 0 amide bonds. The molecule has 2 aromatic heterocycles.